The van der Waals surface area contributed by atoms with Crippen molar-refractivity contribution in [3.8, 4) is 0 Å². The van der Waals surface area contributed by atoms with Crippen LogP contribution in [0.3, 0.4) is 0 Å². The summed E-state index contributed by atoms with van der Waals surface area (Å²) in [6.45, 7) is 8.77. The van der Waals surface area contributed by atoms with E-state index < -0.39 is 0 Å². The summed E-state index contributed by atoms with van der Waals surface area (Å²) in [5, 5.41) is 0. The van der Waals surface area contributed by atoms with Crippen LogP contribution in [0.4, 0.5) is 0 Å². The maximum atomic E-state index is 5.76. The maximum absolute atomic E-state index is 5.76. The van der Waals surface area contributed by atoms with Gasteiger partial charge in [-0.3, -0.25) is 0 Å². The van der Waals surface area contributed by atoms with E-state index in [-0.39, 0.29) is 24.4 Å². The minimum absolute atomic E-state index is 0.127. The first-order chi connectivity index (χ1) is 26.6. The van der Waals surface area contributed by atoms with E-state index in [1.165, 1.54) is 51.4 Å². The Hall–Kier alpha value is -0.180. The highest BCUT2D eigenvalue weighted by Crippen LogP contribution is 2.26. The molecule has 0 heterocycles. The van der Waals surface area contributed by atoms with Crippen LogP contribution in [-0.4, -0.2) is 24.4 Å². The summed E-state index contributed by atoms with van der Waals surface area (Å²) in [5.74, 6) is 0. The summed E-state index contributed by atoms with van der Waals surface area (Å²) in [6, 6.07) is 0. The molecule has 0 aromatic carbocycles. The number of allylic oxidation sites excluding steroid dienone is 14. The van der Waals surface area contributed by atoms with Crippen LogP contribution in [0.25, 0.3) is 0 Å². The number of rotatable bonds is 34. The molecule has 0 saturated heterocycles. The molecule has 0 rings (SSSR count). The van der Waals surface area contributed by atoms with Crippen LogP contribution >= 0.6 is 53.8 Å². The van der Waals surface area contributed by atoms with E-state index in [0.29, 0.717) is 17.0 Å². The fourth-order valence-electron chi connectivity index (χ4n) is 4.82. The standard InChI is InChI=1S/2C22H39O2P3/c2*1-3-5-7-9-10-15-19-22(24-27-26)20-16-12-11-14-18-21(23-25)17-13-8-6-4-2/h2*5,7,10-12,14-16,18,20-22,27H,3-4,6,8-9,13,17,19,25-26H2,1-2H3/b7-5-,12-11+,15-10-,18-14+,20-16-;. The lowest BCUT2D eigenvalue weighted by molar-refractivity contribution is 0.274. The van der Waals surface area contributed by atoms with Gasteiger partial charge in [0.2, 0.25) is 0 Å². The fraction of sp³-hybridized carbons (Fsp3) is 0.545. The van der Waals surface area contributed by atoms with Crippen LogP contribution in [0.15, 0.2) is 122 Å². The van der Waals surface area contributed by atoms with Gasteiger partial charge in [0.1, 0.15) is 0 Å². The maximum Gasteiger partial charge on any atom is 0.0836 e. The molecular formula is C44H78O4P6. The predicted octanol–water partition coefficient (Wildman–Crippen LogP) is 15.7. The quantitative estimate of drug-likeness (QED) is 0.0280. The third kappa shape index (κ3) is 43.0. The highest BCUT2D eigenvalue weighted by molar-refractivity contribution is 8.00. The zero-order valence-electron chi connectivity index (χ0n) is 34.1. The lowest BCUT2D eigenvalue weighted by Crippen LogP contribution is -2.02. The number of hydrogen-bond donors (Lipinski definition) is 0. The van der Waals surface area contributed by atoms with Crippen LogP contribution in [0.5, 0.6) is 0 Å². The Morgan fingerprint density at radius 2 is 0.778 bits per heavy atom. The Bertz CT molecular complexity index is 997. The number of hydrogen-bond acceptors (Lipinski definition) is 4. The molecule has 0 fully saturated rings. The van der Waals surface area contributed by atoms with Gasteiger partial charge >= 0.3 is 0 Å². The van der Waals surface area contributed by atoms with E-state index in [4.69, 9.17) is 18.1 Å². The van der Waals surface area contributed by atoms with Gasteiger partial charge in [0.15, 0.2) is 0 Å². The minimum atomic E-state index is 0.127. The van der Waals surface area contributed by atoms with Crippen molar-refractivity contribution in [1.29, 1.82) is 0 Å². The van der Waals surface area contributed by atoms with E-state index in [9.17, 15) is 0 Å². The molecule has 0 spiro atoms. The Morgan fingerprint density at radius 3 is 1.09 bits per heavy atom. The molecule has 0 aliphatic heterocycles. The number of unbranched alkanes of at least 4 members (excludes halogenated alkanes) is 6. The minimum Gasteiger partial charge on any atom is -0.358 e. The molecule has 4 nitrogen and oxygen atoms in total. The van der Waals surface area contributed by atoms with Gasteiger partial charge in [-0.15, -0.1) is 0 Å². The molecule has 0 aliphatic carbocycles. The molecule has 10 atom stereocenters. The molecule has 308 valence electrons. The van der Waals surface area contributed by atoms with Crippen LogP contribution in [0.1, 0.15) is 130 Å². The third-order valence-corrected chi connectivity index (χ3v) is 10.3. The Morgan fingerprint density at radius 1 is 0.426 bits per heavy atom. The molecular weight excluding hydrogens is 778 g/mol. The normalized spacial score (nSPS) is 15.7. The van der Waals surface area contributed by atoms with Crippen molar-refractivity contribution in [2.24, 2.45) is 0 Å². The Kier molecular flexibility index (Phi) is 50.7. The molecule has 0 radical (unpaired) electrons. The van der Waals surface area contributed by atoms with Gasteiger partial charge in [-0.2, -0.15) is 0 Å². The second kappa shape index (κ2) is 49.0. The summed E-state index contributed by atoms with van der Waals surface area (Å²) in [4.78, 5) is 0. The van der Waals surface area contributed by atoms with E-state index >= 15 is 0 Å². The molecule has 0 aliphatic rings. The third-order valence-electron chi connectivity index (χ3n) is 7.86. The Labute approximate surface area is 346 Å². The van der Waals surface area contributed by atoms with Crippen molar-refractivity contribution >= 4 is 53.8 Å². The van der Waals surface area contributed by atoms with E-state index in [1.807, 2.05) is 24.3 Å². The van der Waals surface area contributed by atoms with Crippen molar-refractivity contribution in [3.63, 3.8) is 0 Å². The smallest absolute Gasteiger partial charge is 0.0836 e. The topological polar surface area (TPSA) is 36.9 Å². The first-order valence-corrected chi connectivity index (χ1v) is 26.5. The summed E-state index contributed by atoms with van der Waals surface area (Å²) < 4.78 is 22.4. The van der Waals surface area contributed by atoms with Crippen molar-refractivity contribution in [2.75, 3.05) is 0 Å². The van der Waals surface area contributed by atoms with Gasteiger partial charge in [0.25, 0.3) is 0 Å². The van der Waals surface area contributed by atoms with Crippen molar-refractivity contribution in [3.05, 3.63) is 122 Å². The van der Waals surface area contributed by atoms with Gasteiger partial charge in [-0.1, -0.05) is 218 Å². The van der Waals surface area contributed by atoms with Crippen LogP contribution in [0.2, 0.25) is 0 Å². The van der Waals surface area contributed by atoms with E-state index in [0.717, 1.165) is 51.4 Å². The van der Waals surface area contributed by atoms with Gasteiger partial charge in [-0.25, -0.2) is 0 Å². The lowest BCUT2D eigenvalue weighted by Gasteiger charge is -2.09. The van der Waals surface area contributed by atoms with E-state index in [1.54, 1.807) is 0 Å². The van der Waals surface area contributed by atoms with Crippen LogP contribution in [-0.2, 0) is 18.1 Å². The largest absolute Gasteiger partial charge is 0.358 e. The van der Waals surface area contributed by atoms with Crippen LogP contribution in [0, 0.1) is 0 Å². The zero-order valence-corrected chi connectivity index (χ0v) is 40.7. The molecule has 10 heteroatoms. The van der Waals surface area contributed by atoms with Gasteiger partial charge in [0, 0.05) is 35.9 Å². The van der Waals surface area contributed by atoms with Gasteiger partial charge < -0.3 is 18.1 Å². The second-order valence-electron chi connectivity index (χ2n) is 12.6. The summed E-state index contributed by atoms with van der Waals surface area (Å²) in [6.07, 6.45) is 61.4. The average Bonchev–Trinajstić information content (AvgIpc) is 3.18. The van der Waals surface area contributed by atoms with Crippen molar-refractivity contribution in [1.82, 2.24) is 0 Å². The molecule has 0 saturated carbocycles. The molecule has 10 unspecified atom stereocenters. The van der Waals surface area contributed by atoms with E-state index in [2.05, 4.69) is 162 Å². The monoisotopic (exact) mass is 856 g/mol. The summed E-state index contributed by atoms with van der Waals surface area (Å²) in [7, 11) is 10.9. The molecule has 54 heavy (non-hydrogen) atoms. The first-order valence-electron chi connectivity index (χ1n) is 20.1. The molecule has 0 aromatic rings. The summed E-state index contributed by atoms with van der Waals surface area (Å²) >= 11 is 0. The highest BCUT2D eigenvalue weighted by atomic mass is 32.0. The molecule has 0 bridgehead atoms. The summed E-state index contributed by atoms with van der Waals surface area (Å²) in [5.41, 5.74) is 0. The fourth-order valence-corrected chi connectivity index (χ4v) is 7.02. The molecule has 0 N–H and O–H groups in total. The highest BCUT2D eigenvalue weighted by Gasteiger charge is 2.03. The Balaban J connectivity index is 0. The van der Waals surface area contributed by atoms with Crippen molar-refractivity contribution in [2.45, 2.75) is 155 Å². The van der Waals surface area contributed by atoms with Gasteiger partial charge in [-0.05, 0) is 51.4 Å². The SMILES string of the molecule is CC/C=C\C/C=C\CC(\C=C/C=C/C=C/C(CCCCCC)OP)OPP.CCC=CCC=CCC(C=CC=CC=CC(CCCCCC)OP)OPP. The first kappa shape index (κ1) is 55.9. The lowest BCUT2D eigenvalue weighted by atomic mass is 10.1. The zero-order chi connectivity index (χ0) is 40.0. The van der Waals surface area contributed by atoms with Crippen LogP contribution < -0.4 is 0 Å². The molecule has 0 aromatic heterocycles. The average molecular weight is 857 g/mol. The van der Waals surface area contributed by atoms with Gasteiger partial charge in [0.05, 0.1) is 24.4 Å². The molecule has 0 amide bonds. The van der Waals surface area contributed by atoms with Crippen molar-refractivity contribution < 1.29 is 18.1 Å². The second-order valence-corrected chi connectivity index (χ2v) is 15.5. The predicted molar refractivity (Wildman–Crippen MR) is 263 cm³/mol.